The largest absolute Gasteiger partial charge is 0.354 e. The smallest absolute Gasteiger partial charge is 0.236 e. The summed E-state index contributed by atoms with van der Waals surface area (Å²) in [7, 11) is 0. The maximum Gasteiger partial charge on any atom is 0.236 e. The zero-order valence-corrected chi connectivity index (χ0v) is 22.6. The van der Waals surface area contributed by atoms with Gasteiger partial charge < -0.3 is 15.2 Å². The lowest BCUT2D eigenvalue weighted by molar-refractivity contribution is -0.131. The van der Waals surface area contributed by atoms with Gasteiger partial charge in [0.2, 0.25) is 5.91 Å². The Labute approximate surface area is 210 Å². The number of fused-ring (bicyclic) bond motifs is 1. The fourth-order valence-electron chi connectivity index (χ4n) is 5.41. The first-order chi connectivity index (χ1) is 16.5. The van der Waals surface area contributed by atoms with Crippen molar-refractivity contribution in [3.05, 3.63) is 52.8 Å². The van der Waals surface area contributed by atoms with Crippen molar-refractivity contribution >= 4 is 16.8 Å². The van der Waals surface area contributed by atoms with Crippen LogP contribution in [0.15, 0.2) is 30.3 Å². The molecule has 2 N–H and O–H groups in total. The van der Waals surface area contributed by atoms with E-state index < -0.39 is 0 Å². The van der Waals surface area contributed by atoms with Gasteiger partial charge in [-0.2, -0.15) is 0 Å². The molecule has 1 amide bonds. The third-order valence-corrected chi connectivity index (χ3v) is 7.06. The molecule has 0 aliphatic carbocycles. The Morgan fingerprint density at radius 2 is 1.77 bits per heavy atom. The van der Waals surface area contributed by atoms with E-state index in [1.807, 2.05) is 4.90 Å². The van der Waals surface area contributed by atoms with E-state index in [-0.39, 0.29) is 11.3 Å². The summed E-state index contributed by atoms with van der Waals surface area (Å²) in [6.45, 7) is 18.2. The number of carbonyl (C=O) groups excluding carboxylic acids is 1. The summed E-state index contributed by atoms with van der Waals surface area (Å²) in [5, 5.41) is 4.65. The van der Waals surface area contributed by atoms with Crippen molar-refractivity contribution in [2.45, 2.75) is 73.1 Å². The zero-order valence-electron chi connectivity index (χ0n) is 22.6. The molecule has 188 valence electrons. The zero-order chi connectivity index (χ0) is 25.3. The Hall–Kier alpha value is -2.66. The Bertz CT molecular complexity index is 1170. The average Bonchev–Trinajstić information content (AvgIpc) is 3.17. The van der Waals surface area contributed by atoms with Crippen LogP contribution in [-0.4, -0.2) is 47.0 Å². The summed E-state index contributed by atoms with van der Waals surface area (Å²) < 4.78 is 0. The molecule has 5 nitrogen and oxygen atoms in total. The number of aromatic amines is 1. The number of rotatable bonds is 6. The number of hydrogen-bond donors (Lipinski definition) is 2. The third-order valence-electron chi connectivity index (χ3n) is 7.06. The van der Waals surface area contributed by atoms with E-state index in [9.17, 15) is 4.79 Å². The van der Waals surface area contributed by atoms with Crippen molar-refractivity contribution in [1.82, 2.24) is 20.2 Å². The SMILES string of the molecule is Cc1cc(-c2[nH]c3ccc(C4CCN(C(=O)CNCC(C)(C)C)CC4)cc3c2C(C)C)cc(C)n1. The standard InChI is InChI=1S/C30H42N4O/c1-19(2)28-25-16-23(8-9-26(25)33-29(28)24-14-20(3)32-21(4)15-24)22-10-12-34(13-11-22)27(35)17-31-18-30(5,6)7/h8-9,14-16,19,22,31,33H,10-13,17-18H2,1-7H3. The van der Waals surface area contributed by atoms with Crippen molar-refractivity contribution < 1.29 is 4.79 Å². The van der Waals surface area contributed by atoms with Gasteiger partial charge in [0.25, 0.3) is 0 Å². The summed E-state index contributed by atoms with van der Waals surface area (Å²) in [6.07, 6.45) is 2.04. The molecule has 5 heteroatoms. The maximum atomic E-state index is 12.7. The van der Waals surface area contributed by atoms with Crippen LogP contribution in [0.4, 0.5) is 0 Å². The van der Waals surface area contributed by atoms with Crippen LogP contribution in [0.2, 0.25) is 0 Å². The molecular weight excluding hydrogens is 432 g/mol. The van der Waals surface area contributed by atoms with E-state index in [0.717, 1.165) is 43.9 Å². The number of pyridine rings is 1. The molecule has 35 heavy (non-hydrogen) atoms. The highest BCUT2D eigenvalue weighted by Crippen LogP contribution is 2.38. The van der Waals surface area contributed by atoms with E-state index in [2.05, 4.69) is 94.1 Å². The van der Waals surface area contributed by atoms with Crippen molar-refractivity contribution in [3.63, 3.8) is 0 Å². The van der Waals surface area contributed by atoms with Crippen LogP contribution in [-0.2, 0) is 4.79 Å². The van der Waals surface area contributed by atoms with Gasteiger partial charge in [0, 0.05) is 47.5 Å². The topological polar surface area (TPSA) is 61.0 Å². The lowest BCUT2D eigenvalue weighted by Gasteiger charge is -2.32. The Morgan fingerprint density at radius 3 is 2.37 bits per heavy atom. The molecule has 1 aliphatic rings. The van der Waals surface area contributed by atoms with E-state index in [1.165, 1.54) is 33.3 Å². The molecule has 1 aromatic carbocycles. The van der Waals surface area contributed by atoms with Crippen LogP contribution in [0.25, 0.3) is 22.2 Å². The number of piperidine rings is 1. The number of amides is 1. The van der Waals surface area contributed by atoms with Gasteiger partial charge in [0.1, 0.15) is 0 Å². The number of hydrogen-bond acceptors (Lipinski definition) is 3. The van der Waals surface area contributed by atoms with E-state index in [4.69, 9.17) is 0 Å². The second-order valence-electron chi connectivity index (χ2n) is 11.8. The van der Waals surface area contributed by atoms with Crippen LogP contribution >= 0.6 is 0 Å². The van der Waals surface area contributed by atoms with Gasteiger partial charge in [0.15, 0.2) is 0 Å². The van der Waals surface area contributed by atoms with Crippen LogP contribution < -0.4 is 5.32 Å². The van der Waals surface area contributed by atoms with Gasteiger partial charge in [-0.05, 0) is 79.3 Å². The number of H-pyrrole nitrogens is 1. The van der Waals surface area contributed by atoms with Crippen LogP contribution in [0.3, 0.4) is 0 Å². The second kappa shape index (κ2) is 10.1. The predicted molar refractivity (Wildman–Crippen MR) is 146 cm³/mol. The van der Waals surface area contributed by atoms with Gasteiger partial charge in [0.05, 0.1) is 12.2 Å². The molecule has 3 heterocycles. The predicted octanol–water partition coefficient (Wildman–Crippen LogP) is 6.31. The summed E-state index contributed by atoms with van der Waals surface area (Å²) in [6, 6.07) is 11.3. The monoisotopic (exact) mass is 474 g/mol. The maximum absolute atomic E-state index is 12.7. The molecule has 0 radical (unpaired) electrons. The minimum atomic E-state index is 0.188. The van der Waals surface area contributed by atoms with Gasteiger partial charge in [-0.25, -0.2) is 0 Å². The Balaban J connectivity index is 1.51. The molecule has 1 saturated heterocycles. The van der Waals surface area contributed by atoms with E-state index in [1.54, 1.807) is 0 Å². The summed E-state index contributed by atoms with van der Waals surface area (Å²) in [5.74, 6) is 1.13. The number of aromatic nitrogens is 2. The molecule has 3 aromatic rings. The number of carbonyl (C=O) groups is 1. The Morgan fingerprint density at radius 1 is 1.11 bits per heavy atom. The van der Waals surface area contributed by atoms with Crippen molar-refractivity contribution in [1.29, 1.82) is 0 Å². The fourth-order valence-corrected chi connectivity index (χ4v) is 5.41. The molecule has 0 atom stereocenters. The number of benzene rings is 1. The first-order valence-electron chi connectivity index (χ1n) is 13.1. The van der Waals surface area contributed by atoms with E-state index in [0.29, 0.717) is 18.4 Å². The molecule has 1 aliphatic heterocycles. The second-order valence-corrected chi connectivity index (χ2v) is 11.8. The van der Waals surface area contributed by atoms with Crippen LogP contribution in [0.5, 0.6) is 0 Å². The van der Waals surface area contributed by atoms with Crippen molar-refractivity contribution in [2.24, 2.45) is 5.41 Å². The lowest BCUT2D eigenvalue weighted by atomic mass is 9.87. The minimum absolute atomic E-state index is 0.188. The molecule has 0 saturated carbocycles. The van der Waals surface area contributed by atoms with Crippen molar-refractivity contribution in [3.8, 4) is 11.3 Å². The van der Waals surface area contributed by atoms with Gasteiger partial charge in [-0.3, -0.25) is 9.78 Å². The Kier molecular flexibility index (Phi) is 7.37. The van der Waals surface area contributed by atoms with Gasteiger partial charge in [-0.1, -0.05) is 40.7 Å². The molecule has 0 unspecified atom stereocenters. The first-order valence-corrected chi connectivity index (χ1v) is 13.1. The van der Waals surface area contributed by atoms with Crippen LogP contribution in [0.1, 0.15) is 81.8 Å². The molecular formula is C30H42N4O. The average molecular weight is 475 g/mol. The molecule has 1 fully saturated rings. The highest BCUT2D eigenvalue weighted by molar-refractivity contribution is 5.92. The number of aryl methyl sites for hydroxylation is 2. The minimum Gasteiger partial charge on any atom is -0.354 e. The highest BCUT2D eigenvalue weighted by Gasteiger charge is 2.25. The lowest BCUT2D eigenvalue weighted by Crippen LogP contribution is -2.43. The third kappa shape index (κ3) is 5.95. The van der Waals surface area contributed by atoms with Gasteiger partial charge in [-0.15, -0.1) is 0 Å². The summed E-state index contributed by atoms with van der Waals surface area (Å²) in [5.41, 5.74) is 8.67. The molecule has 2 aromatic heterocycles. The summed E-state index contributed by atoms with van der Waals surface area (Å²) >= 11 is 0. The highest BCUT2D eigenvalue weighted by atomic mass is 16.2. The molecule has 4 rings (SSSR count). The normalized spacial score (nSPS) is 15.4. The van der Waals surface area contributed by atoms with Crippen LogP contribution in [0, 0.1) is 19.3 Å². The number of nitrogens with one attached hydrogen (secondary N) is 2. The molecule has 0 bridgehead atoms. The van der Waals surface area contributed by atoms with E-state index >= 15 is 0 Å². The number of nitrogens with zero attached hydrogens (tertiary/aromatic N) is 2. The first kappa shape index (κ1) is 25.4. The number of likely N-dealkylation sites (tertiary alicyclic amines) is 1. The quantitative estimate of drug-likeness (QED) is 0.440. The molecule has 0 spiro atoms. The summed E-state index contributed by atoms with van der Waals surface area (Å²) in [4.78, 5) is 23.0. The van der Waals surface area contributed by atoms with Gasteiger partial charge >= 0.3 is 0 Å². The fraction of sp³-hybridized carbons (Fsp3) is 0.533. The van der Waals surface area contributed by atoms with Crippen molar-refractivity contribution in [2.75, 3.05) is 26.2 Å².